The van der Waals surface area contributed by atoms with Crippen molar-refractivity contribution in [3.8, 4) is 0 Å². The molecule has 1 fully saturated rings. The van der Waals surface area contributed by atoms with Gasteiger partial charge in [0.1, 0.15) is 0 Å². The summed E-state index contributed by atoms with van der Waals surface area (Å²) in [5.74, 6) is -0.341. The average Bonchev–Trinajstić information content (AvgIpc) is 3.12. The van der Waals surface area contributed by atoms with Crippen LogP contribution in [0.25, 0.3) is 10.2 Å². The maximum Gasteiger partial charge on any atom is 0.416 e. The van der Waals surface area contributed by atoms with Gasteiger partial charge in [0.2, 0.25) is 0 Å². The number of alkyl halides is 3. The lowest BCUT2D eigenvalue weighted by molar-refractivity contribution is -0.137. The molecule has 2 aromatic carbocycles. The molecule has 28 heavy (non-hydrogen) atoms. The first-order chi connectivity index (χ1) is 13.4. The van der Waals surface area contributed by atoms with Gasteiger partial charge in [-0.15, -0.1) is 0 Å². The molecular formula is C20H18F3N3OS. The van der Waals surface area contributed by atoms with Crippen LogP contribution >= 0.6 is 11.3 Å². The van der Waals surface area contributed by atoms with Crippen molar-refractivity contribution in [2.45, 2.75) is 25.1 Å². The maximum absolute atomic E-state index is 12.6. The quantitative estimate of drug-likeness (QED) is 0.686. The molecule has 2 heterocycles. The Kier molecular flexibility index (Phi) is 4.97. The number of amides is 1. The van der Waals surface area contributed by atoms with Crippen LogP contribution in [0.5, 0.6) is 0 Å². The first-order valence-electron chi connectivity index (χ1n) is 8.99. The minimum Gasteiger partial charge on any atom is -0.349 e. The molecule has 1 N–H and O–H groups in total. The lowest BCUT2D eigenvalue weighted by atomic mass is 10.0. The first kappa shape index (κ1) is 18.7. The Balaban J connectivity index is 1.34. The van der Waals surface area contributed by atoms with Gasteiger partial charge in [-0.05, 0) is 49.2 Å². The number of para-hydroxylation sites is 1. The van der Waals surface area contributed by atoms with Crippen LogP contribution in [-0.4, -0.2) is 30.0 Å². The van der Waals surface area contributed by atoms with Crippen LogP contribution in [0, 0.1) is 0 Å². The normalized spacial score (nSPS) is 15.8. The standard InChI is InChI=1S/C20H18F3N3OS/c21-20(22,23)14-7-5-13(6-8-14)18(27)24-15-9-11-26(12-10-15)19-25-16-3-1-2-4-17(16)28-19/h1-8,15H,9-12H2,(H,24,27). The lowest BCUT2D eigenvalue weighted by Crippen LogP contribution is -2.44. The van der Waals surface area contributed by atoms with E-state index in [2.05, 4.69) is 15.2 Å². The Morgan fingerprint density at radius 2 is 1.75 bits per heavy atom. The number of piperidine rings is 1. The number of carbonyl (C=O) groups excluding carboxylic acids is 1. The van der Waals surface area contributed by atoms with E-state index < -0.39 is 11.7 Å². The number of anilines is 1. The fraction of sp³-hybridized carbons (Fsp3) is 0.300. The van der Waals surface area contributed by atoms with E-state index in [0.29, 0.717) is 0 Å². The molecule has 4 nitrogen and oxygen atoms in total. The fourth-order valence-electron chi connectivity index (χ4n) is 3.29. The zero-order chi connectivity index (χ0) is 19.7. The summed E-state index contributed by atoms with van der Waals surface area (Å²) in [7, 11) is 0. The van der Waals surface area contributed by atoms with Crippen molar-refractivity contribution >= 4 is 32.6 Å². The smallest absolute Gasteiger partial charge is 0.349 e. The van der Waals surface area contributed by atoms with E-state index in [9.17, 15) is 18.0 Å². The van der Waals surface area contributed by atoms with Crippen molar-refractivity contribution in [2.24, 2.45) is 0 Å². The Morgan fingerprint density at radius 1 is 1.07 bits per heavy atom. The molecule has 0 radical (unpaired) electrons. The van der Waals surface area contributed by atoms with Crippen molar-refractivity contribution in [1.29, 1.82) is 0 Å². The highest BCUT2D eigenvalue weighted by atomic mass is 32.1. The first-order valence-corrected chi connectivity index (χ1v) is 9.80. The second-order valence-corrected chi connectivity index (χ2v) is 7.78. The third-order valence-corrected chi connectivity index (χ3v) is 5.95. The van der Waals surface area contributed by atoms with Crippen molar-refractivity contribution in [1.82, 2.24) is 10.3 Å². The van der Waals surface area contributed by atoms with Gasteiger partial charge in [-0.3, -0.25) is 4.79 Å². The highest BCUT2D eigenvalue weighted by Crippen LogP contribution is 2.31. The molecule has 0 bridgehead atoms. The number of hydrogen-bond donors (Lipinski definition) is 1. The number of nitrogens with zero attached hydrogens (tertiary/aromatic N) is 2. The highest BCUT2D eigenvalue weighted by molar-refractivity contribution is 7.22. The second-order valence-electron chi connectivity index (χ2n) is 6.77. The summed E-state index contributed by atoms with van der Waals surface area (Å²) in [6.45, 7) is 1.55. The SMILES string of the molecule is O=C(NC1CCN(c2nc3ccccc3s2)CC1)c1ccc(C(F)(F)F)cc1. The number of carbonyl (C=O) groups is 1. The maximum atomic E-state index is 12.6. The number of benzene rings is 2. The number of halogens is 3. The van der Waals surface area contributed by atoms with E-state index in [1.165, 1.54) is 12.1 Å². The molecule has 1 aliphatic heterocycles. The van der Waals surface area contributed by atoms with Gasteiger partial charge in [-0.1, -0.05) is 23.5 Å². The van der Waals surface area contributed by atoms with Gasteiger partial charge in [0.25, 0.3) is 5.91 Å². The van der Waals surface area contributed by atoms with Crippen molar-refractivity contribution < 1.29 is 18.0 Å². The summed E-state index contributed by atoms with van der Waals surface area (Å²) in [5.41, 5.74) is 0.468. The number of fused-ring (bicyclic) bond motifs is 1. The highest BCUT2D eigenvalue weighted by Gasteiger charge is 2.30. The summed E-state index contributed by atoms with van der Waals surface area (Å²) in [5, 5.41) is 3.91. The minimum atomic E-state index is -4.40. The largest absolute Gasteiger partial charge is 0.416 e. The second kappa shape index (κ2) is 7.43. The van der Waals surface area contributed by atoms with Crippen LogP contribution in [-0.2, 0) is 6.18 Å². The number of rotatable bonds is 3. The summed E-state index contributed by atoms with van der Waals surface area (Å²) in [6.07, 6.45) is -2.87. The number of thiazole rings is 1. The van der Waals surface area contributed by atoms with E-state index in [1.807, 2.05) is 24.3 Å². The number of hydrogen-bond acceptors (Lipinski definition) is 4. The molecular weight excluding hydrogens is 387 g/mol. The fourth-order valence-corrected chi connectivity index (χ4v) is 4.31. The van der Waals surface area contributed by atoms with E-state index in [0.717, 1.165) is 53.4 Å². The molecule has 4 rings (SSSR count). The van der Waals surface area contributed by atoms with Crippen LogP contribution in [0.15, 0.2) is 48.5 Å². The van der Waals surface area contributed by atoms with Crippen LogP contribution < -0.4 is 10.2 Å². The number of nitrogens with one attached hydrogen (secondary N) is 1. The molecule has 1 aliphatic rings. The molecule has 1 aromatic heterocycles. The van der Waals surface area contributed by atoms with Crippen molar-refractivity contribution in [3.05, 3.63) is 59.7 Å². The molecule has 1 saturated heterocycles. The van der Waals surface area contributed by atoms with Gasteiger partial charge in [0, 0.05) is 24.7 Å². The molecule has 146 valence electrons. The molecule has 0 saturated carbocycles. The monoisotopic (exact) mass is 405 g/mol. The average molecular weight is 405 g/mol. The van der Waals surface area contributed by atoms with Gasteiger partial charge >= 0.3 is 6.18 Å². The van der Waals surface area contributed by atoms with Gasteiger partial charge in [0.15, 0.2) is 5.13 Å². The summed E-state index contributed by atoms with van der Waals surface area (Å²) in [6, 6.07) is 12.3. The van der Waals surface area contributed by atoms with Gasteiger partial charge in [0.05, 0.1) is 15.8 Å². The number of aromatic nitrogens is 1. The molecule has 8 heteroatoms. The summed E-state index contributed by atoms with van der Waals surface area (Å²) < 4.78 is 39.0. The van der Waals surface area contributed by atoms with Gasteiger partial charge in [-0.25, -0.2) is 4.98 Å². The Labute approximate surface area is 164 Å². The third-order valence-electron chi connectivity index (χ3n) is 4.86. The molecule has 0 atom stereocenters. The van der Waals surface area contributed by atoms with Crippen molar-refractivity contribution in [2.75, 3.05) is 18.0 Å². The van der Waals surface area contributed by atoms with Gasteiger partial charge in [-0.2, -0.15) is 13.2 Å². The molecule has 0 aliphatic carbocycles. The molecule has 0 spiro atoms. The lowest BCUT2D eigenvalue weighted by Gasteiger charge is -2.32. The van der Waals surface area contributed by atoms with Crippen LogP contribution in [0.3, 0.4) is 0 Å². The molecule has 3 aromatic rings. The molecule has 1 amide bonds. The summed E-state index contributed by atoms with van der Waals surface area (Å²) in [4.78, 5) is 19.2. The van der Waals surface area contributed by atoms with E-state index in [4.69, 9.17) is 0 Å². The Bertz CT molecular complexity index is 943. The zero-order valence-corrected chi connectivity index (χ0v) is 15.7. The third kappa shape index (κ3) is 3.96. The van der Waals surface area contributed by atoms with Crippen LogP contribution in [0.4, 0.5) is 18.3 Å². The van der Waals surface area contributed by atoms with E-state index in [1.54, 1.807) is 11.3 Å². The summed E-state index contributed by atoms with van der Waals surface area (Å²) >= 11 is 1.65. The topological polar surface area (TPSA) is 45.2 Å². The molecule has 0 unspecified atom stereocenters. The van der Waals surface area contributed by atoms with Gasteiger partial charge < -0.3 is 10.2 Å². The Hall–Kier alpha value is -2.61. The minimum absolute atomic E-state index is 0.000390. The predicted octanol–water partition coefficient (Wildman–Crippen LogP) is 4.71. The Morgan fingerprint density at radius 3 is 2.39 bits per heavy atom. The van der Waals surface area contributed by atoms with Crippen molar-refractivity contribution in [3.63, 3.8) is 0 Å². The predicted molar refractivity (Wildman–Crippen MR) is 104 cm³/mol. The van der Waals surface area contributed by atoms with E-state index in [-0.39, 0.29) is 17.5 Å². The zero-order valence-electron chi connectivity index (χ0n) is 14.9. The van der Waals surface area contributed by atoms with Crippen LogP contribution in [0.2, 0.25) is 0 Å². The van der Waals surface area contributed by atoms with Crippen LogP contribution in [0.1, 0.15) is 28.8 Å². The van der Waals surface area contributed by atoms with E-state index >= 15 is 0 Å².